The van der Waals surface area contributed by atoms with Gasteiger partial charge in [0.15, 0.2) is 0 Å². The topological polar surface area (TPSA) is 83.5 Å². The molecular formula is C23H17N7. The molecule has 3 aromatic heterocycles. The SMILES string of the molecule is c1ccc2c(c1)ccn2Nc1nc(Nc2ccc3[nH]ncc3c2)c2ccccc2n1. The molecule has 0 saturated carbocycles. The molecule has 6 aromatic rings. The van der Waals surface area contributed by atoms with Gasteiger partial charge in [-0.25, -0.2) is 4.98 Å². The average Bonchev–Trinajstić information content (AvgIpc) is 3.41. The Morgan fingerprint density at radius 3 is 2.73 bits per heavy atom. The van der Waals surface area contributed by atoms with Crippen LogP contribution in [-0.2, 0) is 0 Å². The van der Waals surface area contributed by atoms with Gasteiger partial charge in [-0.3, -0.25) is 15.2 Å². The fraction of sp³-hybridized carbons (Fsp3) is 0. The average molecular weight is 391 g/mol. The van der Waals surface area contributed by atoms with Crippen molar-refractivity contribution in [3.63, 3.8) is 0 Å². The van der Waals surface area contributed by atoms with Gasteiger partial charge in [-0.2, -0.15) is 10.1 Å². The molecule has 0 aliphatic carbocycles. The molecule has 0 fully saturated rings. The number of rotatable bonds is 4. The Bertz CT molecular complexity index is 1510. The van der Waals surface area contributed by atoms with Crippen LogP contribution in [0.5, 0.6) is 0 Å². The van der Waals surface area contributed by atoms with Crippen molar-refractivity contribution < 1.29 is 0 Å². The van der Waals surface area contributed by atoms with Gasteiger partial charge in [0, 0.05) is 28.0 Å². The summed E-state index contributed by atoms with van der Waals surface area (Å²) in [7, 11) is 0. The number of aromatic amines is 1. The molecule has 0 saturated heterocycles. The lowest BCUT2D eigenvalue weighted by Gasteiger charge is -2.13. The Kier molecular flexibility index (Phi) is 3.64. The molecule has 0 bridgehead atoms. The summed E-state index contributed by atoms with van der Waals surface area (Å²) in [6.07, 6.45) is 3.78. The summed E-state index contributed by atoms with van der Waals surface area (Å²) in [5.41, 5.74) is 7.16. The van der Waals surface area contributed by atoms with Crippen LogP contribution in [0.3, 0.4) is 0 Å². The monoisotopic (exact) mass is 391 g/mol. The third-order valence-electron chi connectivity index (χ3n) is 5.13. The van der Waals surface area contributed by atoms with E-state index in [4.69, 9.17) is 9.97 Å². The van der Waals surface area contributed by atoms with Gasteiger partial charge in [0.2, 0.25) is 5.95 Å². The maximum absolute atomic E-state index is 4.77. The fourth-order valence-electron chi connectivity index (χ4n) is 3.67. The van der Waals surface area contributed by atoms with Crippen LogP contribution in [0.15, 0.2) is 85.2 Å². The second-order valence-corrected chi connectivity index (χ2v) is 7.07. The van der Waals surface area contributed by atoms with Crippen LogP contribution in [0.1, 0.15) is 0 Å². The minimum Gasteiger partial charge on any atom is -0.340 e. The van der Waals surface area contributed by atoms with E-state index >= 15 is 0 Å². The largest absolute Gasteiger partial charge is 0.340 e. The first-order valence-corrected chi connectivity index (χ1v) is 9.64. The first kappa shape index (κ1) is 16.6. The van der Waals surface area contributed by atoms with E-state index < -0.39 is 0 Å². The van der Waals surface area contributed by atoms with Crippen molar-refractivity contribution >= 4 is 50.2 Å². The van der Waals surface area contributed by atoms with Gasteiger partial charge in [-0.05, 0) is 42.5 Å². The van der Waals surface area contributed by atoms with Gasteiger partial charge >= 0.3 is 0 Å². The first-order chi connectivity index (χ1) is 14.8. The standard InChI is InChI=1S/C23H17N7/c1-4-8-21-15(5-1)11-12-30(21)29-23-26-20-7-3-2-6-18(20)22(27-23)25-17-9-10-19-16(13-17)14-24-28-19/h1-14H,(H,24,28)(H2,25,26,27,29). The normalized spacial score (nSPS) is 11.3. The number of H-pyrrole nitrogens is 1. The summed E-state index contributed by atoms with van der Waals surface area (Å²) in [6, 6.07) is 24.3. The van der Waals surface area contributed by atoms with E-state index in [2.05, 4.69) is 39.1 Å². The molecule has 0 spiro atoms. The second kappa shape index (κ2) is 6.59. The predicted octanol–water partition coefficient (Wildman–Crippen LogP) is 5.08. The summed E-state index contributed by atoms with van der Waals surface area (Å²) < 4.78 is 1.93. The lowest BCUT2D eigenvalue weighted by Crippen LogP contribution is -2.11. The van der Waals surface area contributed by atoms with Crippen LogP contribution in [-0.4, -0.2) is 24.8 Å². The van der Waals surface area contributed by atoms with Crippen LogP contribution < -0.4 is 10.7 Å². The Hall–Kier alpha value is -4.39. The lowest BCUT2D eigenvalue weighted by molar-refractivity contribution is 0.968. The third kappa shape index (κ3) is 2.80. The van der Waals surface area contributed by atoms with Crippen LogP contribution >= 0.6 is 0 Å². The maximum atomic E-state index is 4.77. The summed E-state index contributed by atoms with van der Waals surface area (Å²) in [5, 5.41) is 13.6. The van der Waals surface area contributed by atoms with Crippen LogP contribution in [0.2, 0.25) is 0 Å². The van der Waals surface area contributed by atoms with Gasteiger partial charge < -0.3 is 5.32 Å². The van der Waals surface area contributed by atoms with Gasteiger partial charge in [0.25, 0.3) is 0 Å². The Morgan fingerprint density at radius 2 is 1.73 bits per heavy atom. The van der Waals surface area contributed by atoms with E-state index in [1.807, 2.05) is 71.7 Å². The van der Waals surface area contributed by atoms with E-state index in [9.17, 15) is 0 Å². The van der Waals surface area contributed by atoms with Gasteiger partial charge in [-0.15, -0.1) is 0 Å². The molecule has 0 radical (unpaired) electrons. The van der Waals surface area contributed by atoms with Crippen molar-refractivity contribution in [2.45, 2.75) is 0 Å². The van der Waals surface area contributed by atoms with Crippen molar-refractivity contribution in [1.29, 1.82) is 0 Å². The molecule has 0 atom stereocenters. The molecule has 0 aliphatic rings. The number of hydrogen-bond donors (Lipinski definition) is 3. The van der Waals surface area contributed by atoms with Crippen molar-refractivity contribution in [2.75, 3.05) is 10.7 Å². The summed E-state index contributed by atoms with van der Waals surface area (Å²) >= 11 is 0. The molecule has 3 N–H and O–H groups in total. The summed E-state index contributed by atoms with van der Waals surface area (Å²) in [6.45, 7) is 0. The highest BCUT2D eigenvalue weighted by atomic mass is 15.4. The number of fused-ring (bicyclic) bond motifs is 3. The predicted molar refractivity (Wildman–Crippen MR) is 120 cm³/mol. The van der Waals surface area contributed by atoms with Gasteiger partial charge in [0.05, 0.1) is 22.7 Å². The zero-order valence-corrected chi connectivity index (χ0v) is 15.9. The molecule has 7 heteroatoms. The number of anilines is 3. The molecule has 6 rings (SSSR count). The van der Waals surface area contributed by atoms with E-state index in [0.717, 1.165) is 44.2 Å². The fourth-order valence-corrected chi connectivity index (χ4v) is 3.67. The highest BCUT2D eigenvalue weighted by molar-refractivity contribution is 5.93. The van der Waals surface area contributed by atoms with Crippen molar-refractivity contribution in [1.82, 2.24) is 24.8 Å². The number of nitrogens with zero attached hydrogens (tertiary/aromatic N) is 4. The van der Waals surface area contributed by atoms with E-state index in [1.165, 1.54) is 0 Å². The molecule has 0 amide bonds. The number of nitrogens with one attached hydrogen (secondary N) is 3. The number of aromatic nitrogens is 5. The third-order valence-corrected chi connectivity index (χ3v) is 5.13. The highest BCUT2D eigenvalue weighted by Crippen LogP contribution is 2.27. The van der Waals surface area contributed by atoms with E-state index in [-0.39, 0.29) is 0 Å². The summed E-state index contributed by atoms with van der Waals surface area (Å²) in [4.78, 5) is 9.47. The lowest BCUT2D eigenvalue weighted by atomic mass is 10.2. The van der Waals surface area contributed by atoms with Crippen LogP contribution in [0.4, 0.5) is 17.5 Å². The molecular weight excluding hydrogens is 374 g/mol. The van der Waals surface area contributed by atoms with Crippen molar-refractivity contribution in [2.24, 2.45) is 0 Å². The second-order valence-electron chi connectivity index (χ2n) is 7.07. The molecule has 30 heavy (non-hydrogen) atoms. The van der Waals surface area contributed by atoms with Crippen LogP contribution in [0.25, 0.3) is 32.7 Å². The molecule has 144 valence electrons. The van der Waals surface area contributed by atoms with Crippen molar-refractivity contribution in [3.8, 4) is 0 Å². The highest BCUT2D eigenvalue weighted by Gasteiger charge is 2.10. The number of hydrogen-bond acceptors (Lipinski definition) is 5. The zero-order valence-electron chi connectivity index (χ0n) is 15.9. The van der Waals surface area contributed by atoms with E-state index in [0.29, 0.717) is 5.95 Å². The minimum absolute atomic E-state index is 0.516. The Morgan fingerprint density at radius 1 is 0.833 bits per heavy atom. The minimum atomic E-state index is 0.516. The van der Waals surface area contributed by atoms with E-state index in [1.54, 1.807) is 0 Å². The van der Waals surface area contributed by atoms with Crippen LogP contribution in [0, 0.1) is 0 Å². The maximum Gasteiger partial charge on any atom is 0.244 e. The summed E-state index contributed by atoms with van der Waals surface area (Å²) in [5.74, 6) is 1.25. The Labute approximate surface area is 171 Å². The number of para-hydroxylation sites is 2. The quantitative estimate of drug-likeness (QED) is 0.390. The first-order valence-electron chi connectivity index (χ1n) is 9.64. The molecule has 7 nitrogen and oxygen atoms in total. The van der Waals surface area contributed by atoms with Crippen molar-refractivity contribution in [3.05, 3.63) is 85.2 Å². The molecule has 0 unspecified atom stereocenters. The number of benzene rings is 3. The molecule has 3 heterocycles. The van der Waals surface area contributed by atoms with Gasteiger partial charge in [-0.1, -0.05) is 30.3 Å². The van der Waals surface area contributed by atoms with Gasteiger partial charge in [0.1, 0.15) is 5.82 Å². The molecule has 0 aliphatic heterocycles. The molecule has 3 aromatic carbocycles. The smallest absolute Gasteiger partial charge is 0.244 e. The zero-order chi connectivity index (χ0) is 19.9. The Balaban J connectivity index is 1.43.